The molecule has 0 aliphatic carbocycles. The zero-order valence-electron chi connectivity index (χ0n) is 6.33. The van der Waals surface area contributed by atoms with Crippen LogP contribution in [0.3, 0.4) is 0 Å². The van der Waals surface area contributed by atoms with Crippen LogP contribution in [0, 0.1) is 0 Å². The van der Waals surface area contributed by atoms with Crippen molar-refractivity contribution in [2.24, 2.45) is 10.7 Å². The molecule has 1 rings (SSSR count). The lowest BCUT2D eigenvalue weighted by molar-refractivity contribution is 0.902. The van der Waals surface area contributed by atoms with Crippen molar-refractivity contribution in [3.63, 3.8) is 0 Å². The maximum absolute atomic E-state index is 5.40. The van der Waals surface area contributed by atoms with Gasteiger partial charge in [0.1, 0.15) is 0 Å². The number of aromatic nitrogens is 2. The molecule has 11 heavy (non-hydrogen) atoms. The summed E-state index contributed by atoms with van der Waals surface area (Å²) in [5, 5.41) is 9.38. The Bertz CT molecular complexity index is 225. The summed E-state index contributed by atoms with van der Waals surface area (Å²) in [6.07, 6.45) is 3.53. The minimum absolute atomic E-state index is 0.436. The van der Waals surface area contributed by atoms with Crippen LogP contribution in [0.2, 0.25) is 0 Å². The van der Waals surface area contributed by atoms with Crippen molar-refractivity contribution in [3.8, 4) is 0 Å². The number of hydrogen-bond acceptors (Lipinski definition) is 2. The third-order valence-electron chi connectivity index (χ3n) is 1.27. The maximum Gasteiger partial charge on any atom is 0.188 e. The van der Waals surface area contributed by atoms with Gasteiger partial charge in [0.15, 0.2) is 5.96 Å². The van der Waals surface area contributed by atoms with Gasteiger partial charge >= 0.3 is 0 Å². The molecule has 0 aromatic carbocycles. The summed E-state index contributed by atoms with van der Waals surface area (Å²) in [5.74, 6) is 0.436. The zero-order chi connectivity index (χ0) is 8.10. The highest BCUT2D eigenvalue weighted by Crippen LogP contribution is 1.90. The van der Waals surface area contributed by atoms with Crippen LogP contribution in [-0.2, 0) is 6.54 Å². The first-order valence-corrected chi connectivity index (χ1v) is 3.26. The highest BCUT2D eigenvalue weighted by Gasteiger charge is 1.92. The van der Waals surface area contributed by atoms with Gasteiger partial charge in [-0.15, -0.1) is 0 Å². The van der Waals surface area contributed by atoms with E-state index in [9.17, 15) is 0 Å². The second-order valence-corrected chi connectivity index (χ2v) is 2.07. The highest BCUT2D eigenvalue weighted by atomic mass is 15.1. The van der Waals surface area contributed by atoms with Crippen molar-refractivity contribution >= 4 is 5.96 Å². The van der Waals surface area contributed by atoms with Gasteiger partial charge in [-0.2, -0.15) is 5.10 Å². The number of nitrogens with zero attached hydrogens (tertiary/aromatic N) is 2. The Morgan fingerprint density at radius 2 is 2.73 bits per heavy atom. The first-order chi connectivity index (χ1) is 5.33. The number of aromatic amines is 1. The predicted molar refractivity (Wildman–Crippen MR) is 43.0 cm³/mol. The zero-order valence-corrected chi connectivity index (χ0v) is 6.33. The summed E-state index contributed by atoms with van der Waals surface area (Å²) in [5.41, 5.74) is 6.45. The van der Waals surface area contributed by atoms with Gasteiger partial charge in [0.25, 0.3) is 0 Å². The molecule has 0 aliphatic heterocycles. The molecule has 60 valence electrons. The van der Waals surface area contributed by atoms with Crippen molar-refractivity contribution in [2.45, 2.75) is 6.54 Å². The van der Waals surface area contributed by atoms with E-state index < -0.39 is 0 Å². The van der Waals surface area contributed by atoms with E-state index in [0.29, 0.717) is 12.5 Å². The van der Waals surface area contributed by atoms with Gasteiger partial charge in [-0.25, -0.2) is 0 Å². The number of nitrogens with one attached hydrogen (secondary N) is 2. The molecule has 1 aromatic heterocycles. The van der Waals surface area contributed by atoms with Crippen LogP contribution in [0.15, 0.2) is 17.4 Å². The second kappa shape index (κ2) is 3.60. The molecule has 0 radical (unpaired) electrons. The van der Waals surface area contributed by atoms with Crippen LogP contribution in [0.1, 0.15) is 5.56 Å². The van der Waals surface area contributed by atoms with Crippen LogP contribution in [0.25, 0.3) is 0 Å². The third-order valence-corrected chi connectivity index (χ3v) is 1.27. The lowest BCUT2D eigenvalue weighted by atomic mass is 10.4. The molecule has 0 fully saturated rings. The molecule has 5 heteroatoms. The molecular weight excluding hydrogens is 142 g/mol. The average molecular weight is 153 g/mol. The Hall–Kier alpha value is -1.52. The predicted octanol–water partition coefficient (Wildman–Crippen LogP) is -0.556. The Kier molecular flexibility index (Phi) is 2.48. The normalized spacial score (nSPS) is 11.5. The van der Waals surface area contributed by atoms with Gasteiger partial charge in [0.2, 0.25) is 0 Å². The summed E-state index contributed by atoms with van der Waals surface area (Å²) in [4.78, 5) is 3.74. The molecule has 0 unspecified atom stereocenters. The van der Waals surface area contributed by atoms with E-state index in [1.165, 1.54) is 0 Å². The van der Waals surface area contributed by atoms with Crippen LogP contribution < -0.4 is 11.1 Å². The molecule has 0 atom stereocenters. The molecule has 0 bridgehead atoms. The van der Waals surface area contributed by atoms with Gasteiger partial charge in [0.05, 0.1) is 6.20 Å². The fourth-order valence-electron chi connectivity index (χ4n) is 0.646. The lowest BCUT2D eigenvalue weighted by Crippen LogP contribution is -2.30. The molecular formula is C6H11N5. The maximum atomic E-state index is 5.40. The fourth-order valence-corrected chi connectivity index (χ4v) is 0.646. The van der Waals surface area contributed by atoms with Gasteiger partial charge in [0, 0.05) is 25.4 Å². The summed E-state index contributed by atoms with van der Waals surface area (Å²) >= 11 is 0. The summed E-state index contributed by atoms with van der Waals surface area (Å²) in [6, 6.07) is 0. The van der Waals surface area contributed by atoms with Crippen molar-refractivity contribution in [1.82, 2.24) is 15.5 Å². The molecule has 5 nitrogen and oxygen atoms in total. The number of hydrogen-bond donors (Lipinski definition) is 3. The highest BCUT2D eigenvalue weighted by molar-refractivity contribution is 5.77. The molecule has 0 amide bonds. The van der Waals surface area contributed by atoms with Crippen LogP contribution in [-0.4, -0.2) is 23.2 Å². The van der Waals surface area contributed by atoms with E-state index in [1.54, 1.807) is 19.4 Å². The van der Waals surface area contributed by atoms with Crippen LogP contribution in [0.4, 0.5) is 0 Å². The molecule has 0 aliphatic rings. The van der Waals surface area contributed by atoms with Gasteiger partial charge in [-0.1, -0.05) is 0 Å². The molecule has 0 spiro atoms. The SMILES string of the molecule is CN=C(N)NCc1cn[nH]c1. The standard InChI is InChI=1S/C6H11N5/c1-8-6(7)9-2-5-3-10-11-4-5/h3-4H,2H2,1H3,(H,10,11)(H3,7,8,9). The monoisotopic (exact) mass is 153 g/mol. The van der Waals surface area contributed by atoms with E-state index >= 15 is 0 Å². The smallest absolute Gasteiger partial charge is 0.188 e. The van der Waals surface area contributed by atoms with Gasteiger partial charge in [-0.05, 0) is 0 Å². The molecule has 1 heterocycles. The lowest BCUT2D eigenvalue weighted by Gasteiger charge is -2.00. The average Bonchev–Trinajstić information content (AvgIpc) is 2.52. The summed E-state index contributed by atoms with van der Waals surface area (Å²) in [6.45, 7) is 0.652. The topological polar surface area (TPSA) is 79.1 Å². The van der Waals surface area contributed by atoms with E-state index in [4.69, 9.17) is 5.73 Å². The Morgan fingerprint density at radius 3 is 3.27 bits per heavy atom. The minimum atomic E-state index is 0.436. The molecule has 0 saturated carbocycles. The Labute approximate surface area is 64.7 Å². The first-order valence-electron chi connectivity index (χ1n) is 3.26. The van der Waals surface area contributed by atoms with E-state index in [1.807, 2.05) is 0 Å². The summed E-state index contributed by atoms with van der Waals surface area (Å²) < 4.78 is 0. The quantitative estimate of drug-likeness (QED) is 0.394. The Balaban J connectivity index is 2.35. The van der Waals surface area contributed by atoms with Crippen molar-refractivity contribution in [1.29, 1.82) is 0 Å². The van der Waals surface area contributed by atoms with E-state index in [0.717, 1.165) is 5.56 Å². The van der Waals surface area contributed by atoms with E-state index in [-0.39, 0.29) is 0 Å². The molecule has 1 aromatic rings. The third kappa shape index (κ3) is 2.29. The minimum Gasteiger partial charge on any atom is -0.370 e. The largest absolute Gasteiger partial charge is 0.370 e. The number of aliphatic imine (C=N–C) groups is 1. The molecule has 0 saturated heterocycles. The first kappa shape index (κ1) is 7.59. The second-order valence-electron chi connectivity index (χ2n) is 2.07. The van der Waals surface area contributed by atoms with Crippen LogP contribution in [0.5, 0.6) is 0 Å². The number of rotatable bonds is 2. The van der Waals surface area contributed by atoms with Crippen molar-refractivity contribution in [2.75, 3.05) is 7.05 Å². The van der Waals surface area contributed by atoms with Gasteiger partial charge in [-0.3, -0.25) is 10.1 Å². The van der Waals surface area contributed by atoms with Crippen molar-refractivity contribution in [3.05, 3.63) is 18.0 Å². The number of nitrogens with two attached hydrogens (primary N) is 1. The molecule has 4 N–H and O–H groups in total. The Morgan fingerprint density at radius 1 is 1.91 bits per heavy atom. The van der Waals surface area contributed by atoms with Crippen LogP contribution >= 0.6 is 0 Å². The van der Waals surface area contributed by atoms with Crippen molar-refractivity contribution < 1.29 is 0 Å². The number of H-pyrrole nitrogens is 1. The van der Waals surface area contributed by atoms with Gasteiger partial charge < -0.3 is 11.1 Å². The number of guanidine groups is 1. The summed E-state index contributed by atoms with van der Waals surface area (Å²) in [7, 11) is 1.64. The van der Waals surface area contributed by atoms with E-state index in [2.05, 4.69) is 20.5 Å². The fraction of sp³-hybridized carbons (Fsp3) is 0.333.